The Balaban J connectivity index is 1.54. The standard InChI is InChI=1S/C30H36F3N3O3/c1-4-18(19-6-5-7-21(14-19)30(31,32)33)8-9-22(34)10-12-25-24-13-11-23(36-29(38)35-3)15-20(24)16-26-27(25)17(2)39-28(26)37/h4-10,12,14,17,20,23-27H,1,11,13,15-16,34H2,2-3H3,(H2,35,36,38)/b12-10+,18-8+,22-9-/t17-,20+,23-,24-,25+,26-,27+/m1/s1. The predicted octanol–water partition coefficient (Wildman–Crippen LogP) is 5.59. The highest BCUT2D eigenvalue weighted by Gasteiger charge is 2.54. The minimum absolute atomic E-state index is 0.0515. The summed E-state index contributed by atoms with van der Waals surface area (Å²) in [5.41, 5.74) is 6.91. The molecule has 1 heterocycles. The fourth-order valence-electron chi connectivity index (χ4n) is 6.63. The number of carbonyl (C=O) groups is 2. The second-order valence-electron chi connectivity index (χ2n) is 10.7. The Hall–Kier alpha value is -3.49. The van der Waals surface area contributed by atoms with Crippen molar-refractivity contribution in [3.05, 3.63) is 78.0 Å². The minimum atomic E-state index is -4.43. The summed E-state index contributed by atoms with van der Waals surface area (Å²) in [6.45, 7) is 5.68. The summed E-state index contributed by atoms with van der Waals surface area (Å²) in [7, 11) is 1.59. The fourth-order valence-corrected chi connectivity index (χ4v) is 6.63. The predicted molar refractivity (Wildman–Crippen MR) is 144 cm³/mol. The summed E-state index contributed by atoms with van der Waals surface area (Å²) in [5.74, 6) is 0.388. The summed E-state index contributed by atoms with van der Waals surface area (Å²) in [5, 5.41) is 5.62. The van der Waals surface area contributed by atoms with Crippen molar-refractivity contribution in [1.82, 2.24) is 10.6 Å². The first-order chi connectivity index (χ1) is 18.5. The molecule has 9 heteroatoms. The van der Waals surface area contributed by atoms with Crippen LogP contribution in [0.2, 0.25) is 0 Å². The lowest BCUT2D eigenvalue weighted by Gasteiger charge is -2.47. The summed E-state index contributed by atoms with van der Waals surface area (Å²) in [6, 6.07) is 4.94. The second kappa shape index (κ2) is 11.7. The van der Waals surface area contributed by atoms with Crippen molar-refractivity contribution in [3.8, 4) is 0 Å². The molecule has 2 aliphatic carbocycles. The topological polar surface area (TPSA) is 93.5 Å². The van der Waals surface area contributed by atoms with Gasteiger partial charge in [-0.3, -0.25) is 4.79 Å². The molecule has 0 aromatic heterocycles. The Kier molecular flexibility index (Phi) is 8.57. The molecule has 0 bridgehead atoms. The smallest absolute Gasteiger partial charge is 0.416 e. The molecule has 7 atom stereocenters. The van der Waals surface area contributed by atoms with Crippen LogP contribution in [0.3, 0.4) is 0 Å². The number of cyclic esters (lactones) is 1. The average molecular weight is 544 g/mol. The molecule has 1 aromatic carbocycles. The minimum Gasteiger partial charge on any atom is -0.462 e. The number of nitrogens with two attached hydrogens (primary N) is 1. The van der Waals surface area contributed by atoms with Gasteiger partial charge in [-0.25, -0.2) is 4.79 Å². The van der Waals surface area contributed by atoms with Gasteiger partial charge in [-0.15, -0.1) is 0 Å². The van der Waals surface area contributed by atoms with Crippen LogP contribution in [-0.4, -0.2) is 31.2 Å². The fraction of sp³-hybridized carbons (Fsp3) is 0.467. The second-order valence-corrected chi connectivity index (χ2v) is 10.7. The number of hydrogen-bond donors (Lipinski definition) is 3. The number of urea groups is 1. The van der Waals surface area contributed by atoms with Crippen molar-refractivity contribution in [3.63, 3.8) is 0 Å². The summed E-state index contributed by atoms with van der Waals surface area (Å²) < 4.78 is 45.1. The Morgan fingerprint density at radius 2 is 1.97 bits per heavy atom. The van der Waals surface area contributed by atoms with Crippen LogP contribution < -0.4 is 16.4 Å². The van der Waals surface area contributed by atoms with E-state index in [2.05, 4.69) is 23.3 Å². The Morgan fingerprint density at radius 3 is 2.67 bits per heavy atom. The molecule has 4 rings (SSSR count). The molecule has 2 amide bonds. The lowest BCUT2D eigenvalue weighted by Crippen LogP contribution is -2.49. The number of ether oxygens (including phenoxy) is 1. The molecule has 0 spiro atoms. The number of amides is 2. The van der Waals surface area contributed by atoms with E-state index in [1.807, 2.05) is 13.0 Å². The van der Waals surface area contributed by atoms with E-state index in [0.29, 0.717) is 22.8 Å². The maximum absolute atomic E-state index is 13.1. The van der Waals surface area contributed by atoms with Crippen LogP contribution in [0.1, 0.15) is 43.7 Å². The number of nitrogens with one attached hydrogen (secondary N) is 2. The third kappa shape index (κ3) is 6.40. The maximum atomic E-state index is 13.1. The van der Waals surface area contributed by atoms with E-state index >= 15 is 0 Å². The van der Waals surface area contributed by atoms with Crippen molar-refractivity contribution in [2.24, 2.45) is 35.3 Å². The van der Waals surface area contributed by atoms with Crippen LogP contribution in [0.15, 0.2) is 66.9 Å². The molecule has 0 radical (unpaired) electrons. The number of esters is 1. The third-order valence-corrected chi connectivity index (χ3v) is 8.42. The van der Waals surface area contributed by atoms with Gasteiger partial charge in [0, 0.05) is 24.7 Å². The molecule has 1 saturated heterocycles. The van der Waals surface area contributed by atoms with E-state index in [1.54, 1.807) is 25.3 Å². The number of benzene rings is 1. The van der Waals surface area contributed by atoms with Gasteiger partial charge in [0.05, 0.1) is 11.5 Å². The van der Waals surface area contributed by atoms with Crippen LogP contribution in [0.4, 0.5) is 18.0 Å². The monoisotopic (exact) mass is 543 g/mol. The molecule has 6 nitrogen and oxygen atoms in total. The average Bonchev–Trinajstić information content (AvgIpc) is 3.19. The highest BCUT2D eigenvalue weighted by Crippen LogP contribution is 2.53. The molecule has 0 unspecified atom stereocenters. The van der Waals surface area contributed by atoms with Gasteiger partial charge in [-0.2, -0.15) is 13.2 Å². The molecule has 39 heavy (non-hydrogen) atoms. The van der Waals surface area contributed by atoms with E-state index in [9.17, 15) is 22.8 Å². The number of carbonyl (C=O) groups excluding carboxylic acids is 2. The van der Waals surface area contributed by atoms with Crippen LogP contribution in [-0.2, 0) is 15.7 Å². The van der Waals surface area contributed by atoms with Gasteiger partial charge in [-0.1, -0.05) is 36.9 Å². The molecule has 2 saturated carbocycles. The maximum Gasteiger partial charge on any atom is 0.416 e. The van der Waals surface area contributed by atoms with Crippen LogP contribution in [0, 0.1) is 29.6 Å². The zero-order chi connectivity index (χ0) is 28.3. The van der Waals surface area contributed by atoms with Crippen LogP contribution in [0.5, 0.6) is 0 Å². The van der Waals surface area contributed by atoms with E-state index < -0.39 is 11.7 Å². The number of rotatable bonds is 6. The molecular formula is C30H36F3N3O3. The summed E-state index contributed by atoms with van der Waals surface area (Å²) in [6.07, 6.45) is 7.37. The van der Waals surface area contributed by atoms with Gasteiger partial charge in [-0.05, 0) is 85.8 Å². The van der Waals surface area contributed by atoms with Crippen molar-refractivity contribution in [2.45, 2.75) is 50.9 Å². The molecular weight excluding hydrogens is 507 g/mol. The Bertz CT molecular complexity index is 1190. The zero-order valence-electron chi connectivity index (χ0n) is 22.2. The number of allylic oxidation sites excluding steroid dienone is 6. The number of alkyl halides is 3. The van der Waals surface area contributed by atoms with Crippen LogP contribution in [0.25, 0.3) is 5.57 Å². The van der Waals surface area contributed by atoms with Gasteiger partial charge in [0.15, 0.2) is 0 Å². The zero-order valence-corrected chi connectivity index (χ0v) is 22.2. The molecule has 1 aliphatic heterocycles. The quantitative estimate of drug-likeness (QED) is 0.322. The first kappa shape index (κ1) is 28.5. The number of hydrogen-bond acceptors (Lipinski definition) is 4. The van der Waals surface area contributed by atoms with Crippen LogP contribution >= 0.6 is 0 Å². The third-order valence-electron chi connectivity index (χ3n) is 8.42. The van der Waals surface area contributed by atoms with Gasteiger partial charge >= 0.3 is 18.2 Å². The van der Waals surface area contributed by atoms with Crippen molar-refractivity contribution >= 4 is 17.6 Å². The number of fused-ring (bicyclic) bond motifs is 2. The first-order valence-corrected chi connectivity index (χ1v) is 13.4. The van der Waals surface area contributed by atoms with Gasteiger partial charge in [0.25, 0.3) is 0 Å². The highest BCUT2D eigenvalue weighted by atomic mass is 19.4. The number of halogens is 3. The largest absolute Gasteiger partial charge is 0.462 e. The lowest BCUT2D eigenvalue weighted by atomic mass is 9.57. The lowest BCUT2D eigenvalue weighted by molar-refractivity contribution is -0.144. The van der Waals surface area contributed by atoms with Gasteiger partial charge in [0.2, 0.25) is 0 Å². The summed E-state index contributed by atoms with van der Waals surface area (Å²) >= 11 is 0. The molecule has 3 aliphatic rings. The van der Waals surface area contributed by atoms with E-state index in [-0.39, 0.29) is 47.8 Å². The highest BCUT2D eigenvalue weighted by molar-refractivity contribution is 5.76. The molecule has 3 fully saturated rings. The van der Waals surface area contributed by atoms with Crippen molar-refractivity contribution in [2.75, 3.05) is 7.05 Å². The molecule has 4 N–H and O–H groups in total. The van der Waals surface area contributed by atoms with E-state index in [4.69, 9.17) is 10.5 Å². The first-order valence-electron chi connectivity index (χ1n) is 13.4. The Morgan fingerprint density at radius 1 is 1.21 bits per heavy atom. The normalized spacial score (nSPS) is 31.3. The Labute approximate surface area is 227 Å². The van der Waals surface area contributed by atoms with E-state index in [0.717, 1.165) is 37.8 Å². The summed E-state index contributed by atoms with van der Waals surface area (Å²) in [4.78, 5) is 24.5. The SMILES string of the molecule is C=C\C(=C/C=C(N)/C=C/[C@H]1[C@@H]2CC[C@@H](NC(=O)NC)C[C@H]2C[C@H]2C(=O)O[C@H](C)[C@@H]12)c1cccc(C(F)(F)F)c1. The molecule has 210 valence electrons. The molecule has 1 aromatic rings. The van der Waals surface area contributed by atoms with Crippen molar-refractivity contribution < 1.29 is 27.5 Å². The van der Waals surface area contributed by atoms with Gasteiger partial charge < -0.3 is 21.1 Å². The van der Waals surface area contributed by atoms with Crippen molar-refractivity contribution in [1.29, 1.82) is 0 Å². The van der Waals surface area contributed by atoms with Gasteiger partial charge in [0.1, 0.15) is 6.10 Å². The van der Waals surface area contributed by atoms with E-state index in [1.165, 1.54) is 12.1 Å².